The van der Waals surface area contributed by atoms with E-state index >= 15 is 0 Å². The molecule has 2 aliphatic heterocycles. The lowest BCUT2D eigenvalue weighted by atomic mass is 10.2. The maximum absolute atomic E-state index is 13.7. The number of morpholine rings is 1. The number of rotatable bonds is 5. The number of ether oxygens (including phenoxy) is 2. The van der Waals surface area contributed by atoms with Crippen LogP contribution in [0, 0.1) is 0 Å². The molecule has 0 spiro atoms. The fraction of sp³-hybridized carbons (Fsp3) is 0.364. The summed E-state index contributed by atoms with van der Waals surface area (Å²) in [5.41, 5.74) is 1.30. The van der Waals surface area contributed by atoms with Crippen molar-refractivity contribution in [1.82, 2.24) is 4.90 Å². The number of anilines is 3. The van der Waals surface area contributed by atoms with Crippen LogP contribution >= 0.6 is 24.2 Å². The summed E-state index contributed by atoms with van der Waals surface area (Å²) in [6.45, 7) is -11.4. The van der Waals surface area contributed by atoms with Gasteiger partial charge in [-0.05, 0) is 37.3 Å². The molecule has 0 saturated carbocycles. The average Bonchev–Trinajstić information content (AvgIpc) is 2.81. The topological polar surface area (TPSA) is 71.1 Å². The van der Waals surface area contributed by atoms with Gasteiger partial charge in [-0.3, -0.25) is 19.9 Å². The van der Waals surface area contributed by atoms with Gasteiger partial charge in [-0.15, -0.1) is 12.4 Å². The van der Waals surface area contributed by atoms with Gasteiger partial charge in [0.15, 0.2) is 0 Å². The maximum atomic E-state index is 13.7. The van der Waals surface area contributed by atoms with E-state index in [-0.39, 0.29) is 19.0 Å². The largest absolute Gasteiger partial charge is 0.450 e. The van der Waals surface area contributed by atoms with Crippen molar-refractivity contribution in [2.75, 3.05) is 49.5 Å². The Morgan fingerprint density at radius 3 is 2.68 bits per heavy atom. The summed E-state index contributed by atoms with van der Waals surface area (Å²) in [6.07, 6.45) is -1.16. The first-order valence-corrected chi connectivity index (χ1v) is 10.1. The van der Waals surface area contributed by atoms with Crippen molar-refractivity contribution in [2.24, 2.45) is 0 Å². The van der Waals surface area contributed by atoms with Gasteiger partial charge in [0.25, 0.3) is 0 Å². The minimum atomic E-state index is -3.19. The van der Waals surface area contributed by atoms with Crippen molar-refractivity contribution in [2.45, 2.75) is 23.1 Å². The van der Waals surface area contributed by atoms with E-state index in [2.05, 4.69) is 10.1 Å². The van der Waals surface area contributed by atoms with Gasteiger partial charge in [-0.1, -0.05) is 23.9 Å². The van der Waals surface area contributed by atoms with Gasteiger partial charge in [0.2, 0.25) is 5.91 Å². The summed E-state index contributed by atoms with van der Waals surface area (Å²) >= 11 is 1.40. The molecule has 0 unspecified atom stereocenters. The molecule has 1 fully saturated rings. The molecule has 0 atom stereocenters. The lowest BCUT2D eigenvalue weighted by molar-refractivity contribution is -0.118. The molecule has 4 rings (SSSR count). The van der Waals surface area contributed by atoms with Crippen LogP contribution in [0.25, 0.3) is 0 Å². The molecule has 0 aromatic heterocycles. The van der Waals surface area contributed by atoms with Crippen LogP contribution in [0.15, 0.2) is 52.3 Å². The molecule has 1 N–H and O–H groups in total. The number of halogens is 1. The summed E-state index contributed by atoms with van der Waals surface area (Å²) in [7, 11) is 0. The maximum Gasteiger partial charge on any atom is 0.411 e. The fourth-order valence-electron chi connectivity index (χ4n) is 3.03. The highest BCUT2D eigenvalue weighted by Crippen LogP contribution is 2.49. The van der Waals surface area contributed by atoms with Gasteiger partial charge >= 0.3 is 6.09 Å². The number of nitrogens with one attached hydrogen (secondary N) is 1. The van der Waals surface area contributed by atoms with E-state index < -0.39 is 51.1 Å². The van der Waals surface area contributed by atoms with Crippen LogP contribution in [0.3, 0.4) is 0 Å². The summed E-state index contributed by atoms with van der Waals surface area (Å²) < 4.78 is 73.6. The summed E-state index contributed by atoms with van der Waals surface area (Å²) in [4.78, 5) is 28.8. The van der Waals surface area contributed by atoms with Crippen LogP contribution in [0.4, 0.5) is 21.9 Å². The monoisotopic (exact) mass is 471 g/mol. The summed E-state index contributed by atoms with van der Waals surface area (Å²) in [5.74, 6) is -0.577. The van der Waals surface area contributed by atoms with Gasteiger partial charge in [0, 0.05) is 46.9 Å². The minimum Gasteiger partial charge on any atom is -0.450 e. The van der Waals surface area contributed by atoms with Crippen molar-refractivity contribution in [3.05, 3.63) is 42.5 Å². The molecule has 2 heterocycles. The van der Waals surface area contributed by atoms with Crippen molar-refractivity contribution < 1.29 is 30.0 Å². The van der Waals surface area contributed by atoms with Gasteiger partial charge in [-0.25, -0.2) is 4.79 Å². The third kappa shape index (κ3) is 5.51. The molecule has 2 aromatic carbocycles. The first-order valence-electron chi connectivity index (χ1n) is 13.3. The third-order valence-corrected chi connectivity index (χ3v) is 5.44. The lowest BCUT2D eigenvalue weighted by Gasteiger charge is -2.32. The van der Waals surface area contributed by atoms with Gasteiger partial charge < -0.3 is 9.47 Å². The Morgan fingerprint density at radius 1 is 1.16 bits per heavy atom. The SMILES string of the molecule is Cl.[2H]C1([2H])OC([2H])([2H])C([2H])([2H])N(CCC(=O)N2c3ccccc3Sc3ccc(NC(=O)OCC)cc32)C1([2H])[2H]. The Bertz CT molecular complexity index is 1240. The van der Waals surface area contributed by atoms with Crippen molar-refractivity contribution in [1.29, 1.82) is 0 Å². The lowest BCUT2D eigenvalue weighted by Crippen LogP contribution is -2.39. The van der Waals surface area contributed by atoms with Crippen molar-refractivity contribution in [3.63, 3.8) is 0 Å². The second-order valence-electron chi connectivity index (χ2n) is 6.26. The van der Waals surface area contributed by atoms with E-state index in [0.717, 1.165) is 4.90 Å². The second kappa shape index (κ2) is 10.9. The Balaban J connectivity index is 0.00000420. The van der Waals surface area contributed by atoms with Crippen LogP contribution < -0.4 is 10.2 Å². The number of benzene rings is 2. The molecule has 1 saturated heterocycles. The van der Waals surface area contributed by atoms with Crippen LogP contribution in [0.2, 0.25) is 0 Å². The molecule has 7 nitrogen and oxygen atoms in total. The molecule has 0 aliphatic carbocycles. The number of amides is 2. The molecule has 2 aromatic rings. The van der Waals surface area contributed by atoms with Crippen LogP contribution in [0.1, 0.15) is 24.3 Å². The Kier molecular flexibility index (Phi) is 5.16. The highest BCUT2D eigenvalue weighted by atomic mass is 35.5. The van der Waals surface area contributed by atoms with E-state index in [1.807, 2.05) is 6.07 Å². The standard InChI is InChI=1S/C22H25N3O4S.ClH/c1-2-29-22(27)23-16-7-8-20-18(15-16)25(17-5-3-4-6-19(17)30-20)21(26)9-10-24-11-13-28-14-12-24;/h3-8,15H,2,9-14H2,1H3,(H,23,27);1H/i11D2,12D2,13D2,14D2;. The zero-order valence-electron chi connectivity index (χ0n) is 24.5. The molecule has 2 amide bonds. The minimum absolute atomic E-state index is 0. The summed E-state index contributed by atoms with van der Waals surface area (Å²) in [6, 6.07) is 12.0. The highest BCUT2D eigenvalue weighted by molar-refractivity contribution is 7.99. The number of nitrogens with zero attached hydrogens (tertiary/aromatic N) is 2. The number of carbonyl (C=O) groups is 2. The number of hydrogen-bond donors (Lipinski definition) is 1. The molecular formula is C22H26ClN3O4S. The molecule has 9 heteroatoms. The van der Waals surface area contributed by atoms with E-state index in [1.165, 1.54) is 16.7 Å². The quantitative estimate of drug-likeness (QED) is 0.690. The van der Waals surface area contributed by atoms with E-state index in [1.54, 1.807) is 43.3 Å². The molecule has 166 valence electrons. The fourth-order valence-corrected chi connectivity index (χ4v) is 4.06. The highest BCUT2D eigenvalue weighted by Gasteiger charge is 2.29. The van der Waals surface area contributed by atoms with Crippen LogP contribution in [-0.2, 0) is 14.3 Å². The van der Waals surface area contributed by atoms with Crippen molar-refractivity contribution >= 4 is 53.2 Å². The Hall–Kier alpha value is -2.26. The van der Waals surface area contributed by atoms with Gasteiger partial charge in [-0.2, -0.15) is 0 Å². The smallest absolute Gasteiger partial charge is 0.411 e. The molecule has 31 heavy (non-hydrogen) atoms. The van der Waals surface area contributed by atoms with E-state index in [9.17, 15) is 9.59 Å². The second-order valence-corrected chi connectivity index (χ2v) is 7.34. The predicted molar refractivity (Wildman–Crippen MR) is 124 cm³/mol. The Morgan fingerprint density at radius 2 is 1.90 bits per heavy atom. The van der Waals surface area contributed by atoms with Crippen LogP contribution in [-0.4, -0.2) is 56.2 Å². The van der Waals surface area contributed by atoms with Crippen LogP contribution in [0.5, 0.6) is 0 Å². The zero-order chi connectivity index (χ0) is 28.1. The molecule has 2 aliphatic rings. The molecule has 0 radical (unpaired) electrons. The van der Waals surface area contributed by atoms with E-state index in [0.29, 0.717) is 26.9 Å². The normalized spacial score (nSPS) is 25.6. The molecular weight excluding hydrogens is 438 g/mol. The first-order chi connectivity index (χ1) is 17.6. The van der Waals surface area contributed by atoms with E-state index in [4.69, 9.17) is 15.7 Å². The Labute approximate surface area is 203 Å². The number of fused-ring (bicyclic) bond motifs is 2. The third-order valence-electron chi connectivity index (χ3n) is 4.31. The van der Waals surface area contributed by atoms with Crippen molar-refractivity contribution in [3.8, 4) is 0 Å². The zero-order valence-corrected chi connectivity index (χ0v) is 18.1. The first kappa shape index (κ1) is 14.7. The average molecular weight is 472 g/mol. The molecule has 0 bridgehead atoms. The summed E-state index contributed by atoms with van der Waals surface area (Å²) in [5, 5.41) is 2.59. The number of carbonyl (C=O) groups excluding carboxylic acids is 2. The number of para-hydroxylation sites is 1. The number of hydrogen-bond acceptors (Lipinski definition) is 6. The van der Waals surface area contributed by atoms with Gasteiger partial charge in [0.1, 0.15) is 0 Å². The predicted octanol–water partition coefficient (Wildman–Crippen LogP) is 4.53. The van der Waals surface area contributed by atoms with Gasteiger partial charge in [0.05, 0.1) is 36.6 Å².